The third-order valence-corrected chi connectivity index (χ3v) is 3.50. The highest BCUT2D eigenvalue weighted by atomic mass is 16.5. The summed E-state index contributed by atoms with van der Waals surface area (Å²) in [6.45, 7) is 8.03. The summed E-state index contributed by atoms with van der Waals surface area (Å²) in [4.78, 5) is 11.4. The molecule has 0 aromatic heterocycles. The number of ether oxygens (including phenoxy) is 1. The van der Waals surface area contributed by atoms with E-state index in [2.05, 4.69) is 6.92 Å². The van der Waals surface area contributed by atoms with Gasteiger partial charge in [-0.05, 0) is 19.8 Å². The van der Waals surface area contributed by atoms with Gasteiger partial charge in [0.15, 0.2) is 0 Å². The van der Waals surface area contributed by atoms with Gasteiger partial charge < -0.3 is 4.74 Å². The number of carbonyl (C=O) groups excluding carboxylic acids is 1. The fourth-order valence-corrected chi connectivity index (χ4v) is 2.14. The van der Waals surface area contributed by atoms with E-state index in [1.54, 1.807) is 0 Å². The van der Waals surface area contributed by atoms with E-state index in [9.17, 15) is 4.79 Å². The molecule has 0 heterocycles. The smallest absolute Gasteiger partial charge is 0.308 e. The second-order valence-corrected chi connectivity index (χ2v) is 6.02. The zero-order valence-electron chi connectivity index (χ0n) is 13.5. The Hall–Kier alpha value is -0.530. The average Bonchev–Trinajstić information content (AvgIpc) is 2.36. The van der Waals surface area contributed by atoms with Crippen molar-refractivity contribution < 1.29 is 9.53 Å². The van der Waals surface area contributed by atoms with E-state index in [0.717, 1.165) is 6.42 Å². The predicted molar refractivity (Wildman–Crippen MR) is 82.2 cm³/mol. The van der Waals surface area contributed by atoms with Crippen LogP contribution < -0.4 is 0 Å². The maximum Gasteiger partial charge on any atom is 0.308 e. The highest BCUT2D eigenvalue weighted by Gasteiger charge is 2.12. The molecule has 2 nitrogen and oxygen atoms in total. The van der Waals surface area contributed by atoms with Crippen LogP contribution >= 0.6 is 0 Å². The molecule has 0 saturated carbocycles. The molecule has 1 atom stereocenters. The van der Waals surface area contributed by atoms with Gasteiger partial charge in [0, 0.05) is 0 Å². The maximum absolute atomic E-state index is 11.4. The van der Waals surface area contributed by atoms with Crippen molar-refractivity contribution in [3.05, 3.63) is 0 Å². The summed E-state index contributed by atoms with van der Waals surface area (Å²) in [5, 5.41) is 0. The Bertz CT molecular complexity index is 211. The number of hydrogen-bond donors (Lipinski definition) is 0. The summed E-state index contributed by atoms with van der Waals surface area (Å²) in [6, 6.07) is 0. The van der Waals surface area contributed by atoms with Gasteiger partial charge >= 0.3 is 5.97 Å². The quantitative estimate of drug-likeness (QED) is 0.346. The summed E-state index contributed by atoms with van der Waals surface area (Å²) in [7, 11) is 0. The molecular formula is C17H34O2. The van der Waals surface area contributed by atoms with Crippen molar-refractivity contribution in [3.63, 3.8) is 0 Å². The van der Waals surface area contributed by atoms with E-state index in [4.69, 9.17) is 4.74 Å². The molecule has 0 rings (SSSR count). The van der Waals surface area contributed by atoms with Crippen LogP contribution in [0.5, 0.6) is 0 Å². The minimum Gasteiger partial charge on any atom is -0.462 e. The first-order chi connectivity index (χ1) is 9.07. The van der Waals surface area contributed by atoms with Crippen molar-refractivity contribution in [1.82, 2.24) is 0 Å². The Morgan fingerprint density at radius 2 is 1.32 bits per heavy atom. The Balaban J connectivity index is 3.27. The third-order valence-electron chi connectivity index (χ3n) is 3.50. The van der Waals surface area contributed by atoms with Gasteiger partial charge in [0.05, 0.1) is 12.0 Å². The molecule has 19 heavy (non-hydrogen) atoms. The average molecular weight is 270 g/mol. The Morgan fingerprint density at radius 3 is 1.79 bits per heavy atom. The lowest BCUT2D eigenvalue weighted by molar-refractivity contribution is -0.152. The van der Waals surface area contributed by atoms with Gasteiger partial charge in [-0.1, -0.05) is 72.1 Å². The van der Waals surface area contributed by atoms with Crippen LogP contribution in [0.25, 0.3) is 0 Å². The van der Waals surface area contributed by atoms with Crippen LogP contribution in [0.4, 0.5) is 0 Å². The predicted octanol–water partition coefficient (Wildman–Crippen LogP) is 5.50. The molecule has 0 aromatic rings. The second-order valence-electron chi connectivity index (χ2n) is 6.02. The molecule has 1 unspecified atom stereocenters. The number of unbranched alkanes of at least 4 members (excludes halogenated alkanes) is 8. The van der Waals surface area contributed by atoms with E-state index in [0.29, 0.717) is 0 Å². The van der Waals surface area contributed by atoms with E-state index < -0.39 is 0 Å². The van der Waals surface area contributed by atoms with Crippen LogP contribution in [-0.4, -0.2) is 12.1 Å². The number of esters is 1. The van der Waals surface area contributed by atoms with Gasteiger partial charge in [0.25, 0.3) is 0 Å². The highest BCUT2D eigenvalue weighted by Crippen LogP contribution is 2.13. The van der Waals surface area contributed by atoms with Crippen LogP contribution in [0.15, 0.2) is 0 Å². The molecule has 0 amide bonds. The normalized spacial score (nSPS) is 12.7. The molecular weight excluding hydrogens is 236 g/mol. The Labute approximate surface area is 120 Å². The topological polar surface area (TPSA) is 26.3 Å². The summed E-state index contributed by atoms with van der Waals surface area (Å²) in [5.74, 6) is -0.0750. The zero-order chi connectivity index (χ0) is 14.5. The first kappa shape index (κ1) is 18.5. The zero-order valence-corrected chi connectivity index (χ0v) is 13.5. The van der Waals surface area contributed by atoms with Crippen LogP contribution in [0.3, 0.4) is 0 Å². The van der Waals surface area contributed by atoms with E-state index in [1.807, 2.05) is 20.8 Å². The Morgan fingerprint density at radius 1 is 0.842 bits per heavy atom. The lowest BCUT2D eigenvalue weighted by atomic mass is 10.1. The summed E-state index contributed by atoms with van der Waals surface area (Å²) in [6.07, 6.45) is 13.1. The molecule has 0 saturated heterocycles. The summed E-state index contributed by atoms with van der Waals surface area (Å²) in [5.41, 5.74) is 0. The summed E-state index contributed by atoms with van der Waals surface area (Å²) >= 11 is 0. The van der Waals surface area contributed by atoms with Crippen molar-refractivity contribution in [2.45, 2.75) is 98.0 Å². The largest absolute Gasteiger partial charge is 0.462 e. The molecule has 2 heteroatoms. The molecule has 0 fully saturated rings. The van der Waals surface area contributed by atoms with Crippen LogP contribution in [-0.2, 0) is 9.53 Å². The van der Waals surface area contributed by atoms with Crippen molar-refractivity contribution in [2.24, 2.45) is 5.92 Å². The van der Waals surface area contributed by atoms with E-state index in [1.165, 1.54) is 57.8 Å². The first-order valence-electron chi connectivity index (χ1n) is 8.28. The highest BCUT2D eigenvalue weighted by molar-refractivity contribution is 5.71. The molecule has 0 bridgehead atoms. The van der Waals surface area contributed by atoms with Crippen molar-refractivity contribution in [2.75, 3.05) is 0 Å². The van der Waals surface area contributed by atoms with Gasteiger partial charge in [0.2, 0.25) is 0 Å². The van der Waals surface area contributed by atoms with Gasteiger partial charge in [-0.25, -0.2) is 0 Å². The van der Waals surface area contributed by atoms with Crippen molar-refractivity contribution in [1.29, 1.82) is 0 Å². The molecule has 0 radical (unpaired) electrons. The van der Waals surface area contributed by atoms with Crippen LogP contribution in [0.2, 0.25) is 0 Å². The molecule has 0 aliphatic carbocycles. The standard InChI is InChI=1S/C17H34O2/c1-5-6-7-8-9-10-11-12-13-14-16(4)19-17(18)15(2)3/h15-16H,5-14H2,1-4H3. The maximum atomic E-state index is 11.4. The molecule has 0 aliphatic rings. The second kappa shape index (κ2) is 12.5. The Kier molecular flexibility index (Phi) is 12.2. The fourth-order valence-electron chi connectivity index (χ4n) is 2.14. The summed E-state index contributed by atoms with van der Waals surface area (Å²) < 4.78 is 5.34. The molecule has 0 N–H and O–H groups in total. The molecule has 0 aromatic carbocycles. The molecule has 114 valence electrons. The van der Waals surface area contributed by atoms with Crippen LogP contribution in [0, 0.1) is 5.92 Å². The van der Waals surface area contributed by atoms with Crippen LogP contribution in [0.1, 0.15) is 91.9 Å². The minimum atomic E-state index is -0.0663. The SMILES string of the molecule is CCCCCCCCCCCC(C)OC(=O)C(C)C. The third kappa shape index (κ3) is 12.3. The van der Waals surface area contributed by atoms with Crippen molar-refractivity contribution in [3.8, 4) is 0 Å². The first-order valence-corrected chi connectivity index (χ1v) is 8.28. The number of hydrogen-bond acceptors (Lipinski definition) is 2. The van der Waals surface area contributed by atoms with Gasteiger partial charge in [0.1, 0.15) is 0 Å². The monoisotopic (exact) mass is 270 g/mol. The van der Waals surface area contributed by atoms with E-state index in [-0.39, 0.29) is 18.0 Å². The molecule has 0 aliphatic heterocycles. The lowest BCUT2D eigenvalue weighted by Gasteiger charge is -2.14. The van der Waals surface area contributed by atoms with E-state index >= 15 is 0 Å². The van der Waals surface area contributed by atoms with Gasteiger partial charge in [-0.2, -0.15) is 0 Å². The van der Waals surface area contributed by atoms with Gasteiger partial charge in [-0.15, -0.1) is 0 Å². The minimum absolute atomic E-state index is 0.00873. The fraction of sp³-hybridized carbons (Fsp3) is 0.941. The lowest BCUT2D eigenvalue weighted by Crippen LogP contribution is -2.18. The number of rotatable bonds is 12. The molecule has 0 spiro atoms. The number of carbonyl (C=O) groups is 1. The van der Waals surface area contributed by atoms with Crippen molar-refractivity contribution >= 4 is 5.97 Å². The van der Waals surface area contributed by atoms with Gasteiger partial charge in [-0.3, -0.25) is 4.79 Å².